The van der Waals surface area contributed by atoms with E-state index in [-0.39, 0.29) is 12.1 Å². The van der Waals surface area contributed by atoms with Crippen LogP contribution in [-0.2, 0) is 16.0 Å². The van der Waals surface area contributed by atoms with Gasteiger partial charge in [0.2, 0.25) is 11.8 Å². The molecule has 1 aromatic rings. The number of nitrogens with one attached hydrogen (secondary N) is 1. The van der Waals surface area contributed by atoms with Crippen molar-refractivity contribution in [2.75, 3.05) is 0 Å². The van der Waals surface area contributed by atoms with Gasteiger partial charge in [-0.3, -0.25) is 19.7 Å². The maximum Gasteiger partial charge on any atom is 0.272 e. The molecule has 2 amide bonds. The van der Waals surface area contributed by atoms with E-state index in [1.54, 1.807) is 6.07 Å². The minimum Gasteiger partial charge on any atom is -0.368 e. The highest BCUT2D eigenvalue weighted by atomic mass is 16.6. The Morgan fingerprint density at radius 1 is 1.44 bits per heavy atom. The second-order valence-corrected chi connectivity index (χ2v) is 3.75. The number of amides is 2. The van der Waals surface area contributed by atoms with Crippen LogP contribution in [0.2, 0.25) is 0 Å². The molecule has 7 heteroatoms. The summed E-state index contributed by atoms with van der Waals surface area (Å²) < 4.78 is 0. The van der Waals surface area contributed by atoms with Crippen LogP contribution in [0.4, 0.5) is 5.69 Å². The van der Waals surface area contributed by atoms with Crippen molar-refractivity contribution in [3.63, 3.8) is 0 Å². The Balaban J connectivity index is 2.97. The van der Waals surface area contributed by atoms with E-state index in [0.717, 1.165) is 0 Å². The maximum absolute atomic E-state index is 11.2. The molecule has 1 aromatic carbocycles. The van der Waals surface area contributed by atoms with E-state index >= 15 is 0 Å². The van der Waals surface area contributed by atoms with E-state index in [2.05, 4.69) is 5.32 Å². The summed E-state index contributed by atoms with van der Waals surface area (Å²) in [6, 6.07) is 5.05. The Morgan fingerprint density at radius 3 is 2.56 bits per heavy atom. The quantitative estimate of drug-likeness (QED) is 0.571. The first-order valence-electron chi connectivity index (χ1n) is 5.20. The number of nitro groups is 1. The lowest BCUT2D eigenvalue weighted by atomic mass is 10.0. The van der Waals surface area contributed by atoms with E-state index in [1.165, 1.54) is 25.1 Å². The topological polar surface area (TPSA) is 115 Å². The molecule has 0 heterocycles. The molecule has 0 spiro atoms. The second kappa shape index (κ2) is 5.76. The summed E-state index contributed by atoms with van der Waals surface area (Å²) in [4.78, 5) is 32.3. The van der Waals surface area contributed by atoms with Gasteiger partial charge in [0.25, 0.3) is 5.69 Å². The number of hydrogen-bond donors (Lipinski definition) is 2. The normalized spacial score (nSPS) is 11.6. The maximum atomic E-state index is 11.2. The summed E-state index contributed by atoms with van der Waals surface area (Å²) in [5.74, 6) is -1.15. The van der Waals surface area contributed by atoms with Crippen LogP contribution in [0, 0.1) is 10.1 Å². The highest BCUT2D eigenvalue weighted by molar-refractivity contribution is 5.86. The van der Waals surface area contributed by atoms with Crippen LogP contribution in [0.1, 0.15) is 12.5 Å². The van der Waals surface area contributed by atoms with Crippen LogP contribution in [0.15, 0.2) is 24.3 Å². The number of para-hydroxylation sites is 1. The number of carbonyl (C=O) groups excluding carboxylic acids is 2. The first-order chi connectivity index (χ1) is 8.41. The van der Waals surface area contributed by atoms with Crippen molar-refractivity contribution in [2.24, 2.45) is 5.73 Å². The predicted molar refractivity (Wildman–Crippen MR) is 63.6 cm³/mol. The Morgan fingerprint density at radius 2 is 2.06 bits per heavy atom. The summed E-state index contributed by atoms with van der Waals surface area (Å²) in [5.41, 5.74) is 5.38. The third kappa shape index (κ3) is 3.55. The number of benzene rings is 1. The molecular weight excluding hydrogens is 238 g/mol. The van der Waals surface area contributed by atoms with Crippen LogP contribution >= 0.6 is 0 Å². The Hall–Kier alpha value is -2.44. The van der Waals surface area contributed by atoms with Crippen LogP contribution in [0.25, 0.3) is 0 Å². The van der Waals surface area contributed by atoms with Gasteiger partial charge < -0.3 is 11.1 Å². The zero-order valence-corrected chi connectivity index (χ0v) is 9.75. The molecule has 1 atom stereocenters. The molecule has 0 bridgehead atoms. The van der Waals surface area contributed by atoms with Gasteiger partial charge in [-0.1, -0.05) is 18.2 Å². The number of hydrogen-bond acceptors (Lipinski definition) is 4. The smallest absolute Gasteiger partial charge is 0.272 e. The summed E-state index contributed by atoms with van der Waals surface area (Å²) in [6.45, 7) is 1.25. The van der Waals surface area contributed by atoms with Crippen molar-refractivity contribution in [3.8, 4) is 0 Å². The number of rotatable bonds is 5. The largest absolute Gasteiger partial charge is 0.368 e. The molecule has 18 heavy (non-hydrogen) atoms. The lowest BCUT2D eigenvalue weighted by Gasteiger charge is -2.14. The summed E-state index contributed by atoms with van der Waals surface area (Å²) >= 11 is 0. The molecule has 0 aliphatic rings. The molecule has 3 N–H and O–H groups in total. The van der Waals surface area contributed by atoms with E-state index < -0.39 is 22.8 Å². The Kier molecular flexibility index (Phi) is 4.36. The average Bonchev–Trinajstić information content (AvgIpc) is 2.27. The molecule has 0 aliphatic heterocycles. The molecule has 0 radical (unpaired) electrons. The third-order valence-electron chi connectivity index (χ3n) is 2.33. The van der Waals surface area contributed by atoms with Gasteiger partial charge in [-0.2, -0.15) is 0 Å². The summed E-state index contributed by atoms with van der Waals surface area (Å²) in [6.07, 6.45) is -0.00787. The van der Waals surface area contributed by atoms with Gasteiger partial charge in [0.05, 0.1) is 4.92 Å². The lowest BCUT2D eigenvalue weighted by molar-refractivity contribution is -0.385. The van der Waals surface area contributed by atoms with E-state index in [0.29, 0.717) is 5.56 Å². The monoisotopic (exact) mass is 251 g/mol. The predicted octanol–water partition coefficient (Wildman–Crippen LogP) is 0.127. The molecule has 0 aliphatic carbocycles. The molecule has 7 nitrogen and oxygen atoms in total. The fourth-order valence-corrected chi connectivity index (χ4v) is 1.55. The number of primary amides is 1. The minimum absolute atomic E-state index is 0.00787. The number of carbonyl (C=O) groups is 2. The second-order valence-electron chi connectivity index (χ2n) is 3.75. The minimum atomic E-state index is -0.955. The van der Waals surface area contributed by atoms with E-state index in [4.69, 9.17) is 5.73 Å². The van der Waals surface area contributed by atoms with E-state index in [1.807, 2.05) is 0 Å². The number of nitrogens with two attached hydrogens (primary N) is 1. The highest BCUT2D eigenvalue weighted by Gasteiger charge is 2.21. The fourth-order valence-electron chi connectivity index (χ4n) is 1.55. The first-order valence-corrected chi connectivity index (χ1v) is 5.20. The third-order valence-corrected chi connectivity index (χ3v) is 2.33. The summed E-state index contributed by atoms with van der Waals surface area (Å²) in [7, 11) is 0. The van der Waals surface area contributed by atoms with Gasteiger partial charge in [0.1, 0.15) is 6.04 Å². The van der Waals surface area contributed by atoms with Gasteiger partial charge in [-0.25, -0.2) is 0 Å². The average molecular weight is 251 g/mol. The van der Waals surface area contributed by atoms with Gasteiger partial charge in [0.15, 0.2) is 0 Å². The molecule has 0 saturated carbocycles. The van der Waals surface area contributed by atoms with Crippen LogP contribution in [0.5, 0.6) is 0 Å². The Labute approximate surface area is 103 Å². The fraction of sp³-hybridized carbons (Fsp3) is 0.273. The molecule has 0 fully saturated rings. The van der Waals surface area contributed by atoms with E-state index in [9.17, 15) is 19.7 Å². The molecule has 96 valence electrons. The number of nitro benzene ring substituents is 1. The molecule has 0 saturated heterocycles. The highest BCUT2D eigenvalue weighted by Crippen LogP contribution is 2.19. The summed E-state index contributed by atoms with van der Waals surface area (Å²) in [5, 5.41) is 13.2. The zero-order valence-electron chi connectivity index (χ0n) is 9.75. The first kappa shape index (κ1) is 13.6. The van der Waals surface area contributed by atoms with Crippen molar-refractivity contribution in [1.29, 1.82) is 0 Å². The van der Waals surface area contributed by atoms with Gasteiger partial charge in [-0.15, -0.1) is 0 Å². The van der Waals surface area contributed by atoms with Gasteiger partial charge in [-0.05, 0) is 0 Å². The molecule has 0 unspecified atom stereocenters. The molecule has 1 rings (SSSR count). The van der Waals surface area contributed by atoms with Crippen LogP contribution in [0.3, 0.4) is 0 Å². The van der Waals surface area contributed by atoms with Crippen LogP contribution in [-0.4, -0.2) is 22.8 Å². The van der Waals surface area contributed by atoms with Crippen molar-refractivity contribution < 1.29 is 14.5 Å². The van der Waals surface area contributed by atoms with Crippen molar-refractivity contribution in [3.05, 3.63) is 39.9 Å². The number of nitrogens with zero attached hydrogens (tertiary/aromatic N) is 1. The zero-order chi connectivity index (χ0) is 13.7. The van der Waals surface area contributed by atoms with Crippen LogP contribution < -0.4 is 11.1 Å². The molecule has 0 aromatic heterocycles. The van der Waals surface area contributed by atoms with Crippen molar-refractivity contribution >= 4 is 17.5 Å². The Bertz CT molecular complexity index is 487. The van der Waals surface area contributed by atoms with Crippen molar-refractivity contribution in [1.82, 2.24) is 5.32 Å². The lowest BCUT2D eigenvalue weighted by Crippen LogP contribution is -2.45. The standard InChI is InChI=1S/C11H13N3O4/c1-7(15)13-9(11(12)16)6-8-4-2-3-5-10(8)14(17)18/h2-5,9H,6H2,1H3,(H2,12,16)(H,13,15)/t9-/m1/s1. The molecular formula is C11H13N3O4. The van der Waals surface area contributed by atoms with Gasteiger partial charge in [0, 0.05) is 25.0 Å². The van der Waals surface area contributed by atoms with Gasteiger partial charge >= 0.3 is 0 Å². The van der Waals surface area contributed by atoms with Crippen molar-refractivity contribution in [2.45, 2.75) is 19.4 Å². The SMILES string of the molecule is CC(=O)N[C@H](Cc1ccccc1[N+](=O)[O-])C(N)=O.